The molecule has 0 bridgehead atoms. The SMILES string of the molecule is CC(C)(C)c1ccc(SCC(c2ccccc2)c2ccncc2)cc1. The number of benzene rings is 2. The van der Waals surface area contributed by atoms with Gasteiger partial charge in [-0.05, 0) is 46.4 Å². The van der Waals surface area contributed by atoms with Crippen LogP contribution in [0.25, 0.3) is 0 Å². The molecule has 0 amide bonds. The third-order valence-electron chi connectivity index (χ3n) is 4.45. The minimum absolute atomic E-state index is 0.201. The van der Waals surface area contributed by atoms with E-state index < -0.39 is 0 Å². The fraction of sp³-hybridized carbons (Fsp3) is 0.261. The van der Waals surface area contributed by atoms with Crippen LogP contribution in [0.4, 0.5) is 0 Å². The first kappa shape index (κ1) is 17.8. The van der Waals surface area contributed by atoms with E-state index in [1.807, 2.05) is 24.2 Å². The van der Waals surface area contributed by atoms with E-state index in [1.165, 1.54) is 21.6 Å². The maximum atomic E-state index is 4.17. The molecule has 0 N–H and O–H groups in total. The maximum Gasteiger partial charge on any atom is 0.0270 e. The third-order valence-corrected chi connectivity index (χ3v) is 5.55. The lowest BCUT2D eigenvalue weighted by atomic mass is 9.87. The molecule has 1 aromatic heterocycles. The number of rotatable bonds is 5. The molecule has 0 spiro atoms. The molecular formula is C23H25NS. The minimum atomic E-state index is 0.201. The van der Waals surface area contributed by atoms with Crippen molar-refractivity contribution in [3.05, 3.63) is 95.8 Å². The average molecular weight is 348 g/mol. The lowest BCUT2D eigenvalue weighted by Gasteiger charge is -2.20. The summed E-state index contributed by atoms with van der Waals surface area (Å²) in [6, 6.07) is 24.0. The van der Waals surface area contributed by atoms with Crippen molar-refractivity contribution in [2.24, 2.45) is 0 Å². The molecule has 0 saturated carbocycles. The van der Waals surface area contributed by atoms with Crippen LogP contribution in [0, 0.1) is 0 Å². The summed E-state index contributed by atoms with van der Waals surface area (Å²) in [7, 11) is 0. The maximum absolute atomic E-state index is 4.17. The monoisotopic (exact) mass is 347 g/mol. The Morgan fingerprint density at radius 3 is 2.00 bits per heavy atom. The molecule has 2 heteroatoms. The Balaban J connectivity index is 1.77. The number of pyridine rings is 1. The summed E-state index contributed by atoms with van der Waals surface area (Å²) in [6.45, 7) is 6.76. The first-order chi connectivity index (χ1) is 12.0. The molecule has 25 heavy (non-hydrogen) atoms. The average Bonchev–Trinajstić information content (AvgIpc) is 2.63. The van der Waals surface area contributed by atoms with Crippen molar-refractivity contribution in [1.82, 2.24) is 4.98 Å². The van der Waals surface area contributed by atoms with E-state index in [2.05, 4.69) is 92.5 Å². The molecule has 3 rings (SSSR count). The van der Waals surface area contributed by atoms with Crippen LogP contribution in [0.2, 0.25) is 0 Å². The molecular weight excluding hydrogens is 322 g/mol. The number of thioether (sulfide) groups is 1. The Morgan fingerprint density at radius 2 is 1.40 bits per heavy atom. The highest BCUT2D eigenvalue weighted by Crippen LogP contribution is 2.32. The Hall–Kier alpha value is -2.06. The highest BCUT2D eigenvalue weighted by molar-refractivity contribution is 7.99. The van der Waals surface area contributed by atoms with Crippen molar-refractivity contribution < 1.29 is 0 Å². The molecule has 0 aliphatic carbocycles. The predicted molar refractivity (Wildman–Crippen MR) is 108 cm³/mol. The summed E-state index contributed by atoms with van der Waals surface area (Å²) in [6.07, 6.45) is 3.77. The molecule has 0 fully saturated rings. The quantitative estimate of drug-likeness (QED) is 0.502. The first-order valence-corrected chi connectivity index (χ1v) is 9.71. The second kappa shape index (κ2) is 7.88. The fourth-order valence-electron chi connectivity index (χ4n) is 2.90. The smallest absolute Gasteiger partial charge is 0.0270 e. The van der Waals surface area contributed by atoms with Crippen molar-refractivity contribution in [2.75, 3.05) is 5.75 Å². The molecule has 0 aliphatic rings. The van der Waals surface area contributed by atoms with Gasteiger partial charge in [-0.2, -0.15) is 0 Å². The van der Waals surface area contributed by atoms with Gasteiger partial charge < -0.3 is 0 Å². The van der Waals surface area contributed by atoms with Crippen molar-refractivity contribution in [2.45, 2.75) is 37.0 Å². The second-order valence-electron chi connectivity index (χ2n) is 7.33. The van der Waals surface area contributed by atoms with Crippen LogP contribution in [0.15, 0.2) is 84.0 Å². The van der Waals surface area contributed by atoms with Gasteiger partial charge in [0.15, 0.2) is 0 Å². The number of nitrogens with zero attached hydrogens (tertiary/aromatic N) is 1. The van der Waals surface area contributed by atoms with Crippen LogP contribution in [0.3, 0.4) is 0 Å². The summed E-state index contributed by atoms with van der Waals surface area (Å²) in [5.41, 5.74) is 4.26. The lowest BCUT2D eigenvalue weighted by Crippen LogP contribution is -2.10. The normalized spacial score (nSPS) is 12.8. The second-order valence-corrected chi connectivity index (χ2v) is 8.42. The predicted octanol–water partition coefficient (Wildman–Crippen LogP) is 6.30. The van der Waals surface area contributed by atoms with E-state index in [9.17, 15) is 0 Å². The van der Waals surface area contributed by atoms with E-state index in [0.29, 0.717) is 5.92 Å². The summed E-state index contributed by atoms with van der Waals surface area (Å²) >= 11 is 1.92. The summed E-state index contributed by atoms with van der Waals surface area (Å²) in [5, 5.41) is 0. The molecule has 2 aromatic carbocycles. The fourth-order valence-corrected chi connectivity index (χ4v) is 3.97. The Labute approximate surface area is 155 Å². The molecule has 128 valence electrons. The van der Waals surface area contributed by atoms with Gasteiger partial charge in [0.25, 0.3) is 0 Å². The number of hydrogen-bond donors (Lipinski definition) is 0. The van der Waals surface area contributed by atoms with E-state index in [1.54, 1.807) is 0 Å². The molecule has 0 aliphatic heterocycles. The zero-order chi connectivity index (χ0) is 17.7. The topological polar surface area (TPSA) is 12.9 Å². The zero-order valence-corrected chi connectivity index (χ0v) is 16.0. The minimum Gasteiger partial charge on any atom is -0.265 e. The standard InChI is InChI=1S/C23H25NS/c1-23(2,3)20-9-11-21(12-10-20)25-17-22(18-7-5-4-6-8-18)19-13-15-24-16-14-19/h4-16,22H,17H2,1-3H3. The van der Waals surface area contributed by atoms with Gasteiger partial charge in [0.2, 0.25) is 0 Å². The molecule has 0 radical (unpaired) electrons. The summed E-state index contributed by atoms with van der Waals surface area (Å²) < 4.78 is 0. The number of aromatic nitrogens is 1. The van der Waals surface area contributed by atoms with Gasteiger partial charge in [-0.25, -0.2) is 0 Å². The van der Waals surface area contributed by atoms with Crippen LogP contribution in [0.1, 0.15) is 43.4 Å². The van der Waals surface area contributed by atoms with Gasteiger partial charge in [-0.3, -0.25) is 4.98 Å². The van der Waals surface area contributed by atoms with Crippen LogP contribution in [-0.4, -0.2) is 10.7 Å². The third kappa shape index (κ3) is 4.73. The molecule has 1 unspecified atom stereocenters. The van der Waals surface area contributed by atoms with Gasteiger partial charge in [-0.15, -0.1) is 11.8 Å². The van der Waals surface area contributed by atoms with Gasteiger partial charge in [0.05, 0.1) is 0 Å². The Morgan fingerprint density at radius 1 is 0.800 bits per heavy atom. The Kier molecular flexibility index (Phi) is 5.60. The van der Waals surface area contributed by atoms with Crippen LogP contribution < -0.4 is 0 Å². The molecule has 1 atom stereocenters. The first-order valence-electron chi connectivity index (χ1n) is 8.72. The van der Waals surface area contributed by atoms with Gasteiger partial charge >= 0.3 is 0 Å². The molecule has 1 nitrogen and oxygen atoms in total. The van der Waals surface area contributed by atoms with Crippen LogP contribution >= 0.6 is 11.8 Å². The highest BCUT2D eigenvalue weighted by Gasteiger charge is 2.16. The number of hydrogen-bond acceptors (Lipinski definition) is 2. The van der Waals surface area contributed by atoms with Crippen LogP contribution in [0.5, 0.6) is 0 Å². The van der Waals surface area contributed by atoms with Crippen molar-refractivity contribution in [1.29, 1.82) is 0 Å². The molecule has 3 aromatic rings. The largest absolute Gasteiger partial charge is 0.265 e. The van der Waals surface area contributed by atoms with Crippen molar-refractivity contribution in [3.63, 3.8) is 0 Å². The molecule has 0 saturated heterocycles. The summed E-state index contributed by atoms with van der Waals surface area (Å²) in [5.74, 6) is 1.39. The zero-order valence-electron chi connectivity index (χ0n) is 15.1. The van der Waals surface area contributed by atoms with E-state index >= 15 is 0 Å². The molecule has 1 heterocycles. The lowest BCUT2D eigenvalue weighted by molar-refractivity contribution is 0.590. The van der Waals surface area contributed by atoms with E-state index in [-0.39, 0.29) is 5.41 Å². The van der Waals surface area contributed by atoms with Crippen molar-refractivity contribution in [3.8, 4) is 0 Å². The van der Waals surface area contributed by atoms with Gasteiger partial charge in [0, 0.05) is 29.0 Å². The van der Waals surface area contributed by atoms with Gasteiger partial charge in [-0.1, -0.05) is 63.2 Å². The van der Waals surface area contributed by atoms with Crippen molar-refractivity contribution >= 4 is 11.8 Å². The Bertz CT molecular complexity index is 734. The van der Waals surface area contributed by atoms with Crippen LogP contribution in [-0.2, 0) is 5.41 Å². The van der Waals surface area contributed by atoms with E-state index in [4.69, 9.17) is 0 Å². The van der Waals surface area contributed by atoms with Gasteiger partial charge in [0.1, 0.15) is 0 Å². The summed E-state index contributed by atoms with van der Waals surface area (Å²) in [4.78, 5) is 5.49. The van der Waals surface area contributed by atoms with E-state index in [0.717, 1.165) is 5.75 Å². The highest BCUT2D eigenvalue weighted by atomic mass is 32.2.